The summed E-state index contributed by atoms with van der Waals surface area (Å²) in [5.41, 5.74) is 1.08. The maximum atomic E-state index is 12.2. The van der Waals surface area contributed by atoms with Crippen LogP contribution in [0.3, 0.4) is 0 Å². The van der Waals surface area contributed by atoms with Gasteiger partial charge in [-0.2, -0.15) is 0 Å². The number of benzene rings is 1. The number of hydrogen-bond acceptors (Lipinski definition) is 1. The van der Waals surface area contributed by atoms with E-state index >= 15 is 0 Å². The minimum Gasteiger partial charge on any atom is -0.319 e. The Morgan fingerprint density at radius 2 is 1.84 bits per heavy atom. The third kappa shape index (κ3) is 3.37. The fraction of sp³-hybridized carbons (Fsp3) is 0.438. The molecule has 1 heterocycles. The van der Waals surface area contributed by atoms with Crippen molar-refractivity contribution in [1.82, 2.24) is 9.80 Å². The van der Waals surface area contributed by atoms with Crippen LogP contribution in [0.1, 0.15) is 26.3 Å². The molecule has 2 rings (SSSR count). The normalized spacial score (nSPS) is 16.7. The van der Waals surface area contributed by atoms with E-state index in [1.165, 1.54) is 5.56 Å². The molecule has 0 unspecified atom stereocenters. The average molecular weight is 258 g/mol. The van der Waals surface area contributed by atoms with Gasteiger partial charge in [-0.3, -0.25) is 0 Å². The van der Waals surface area contributed by atoms with E-state index in [4.69, 9.17) is 0 Å². The molecule has 0 bridgehead atoms. The fourth-order valence-corrected chi connectivity index (χ4v) is 2.25. The molecule has 102 valence electrons. The van der Waals surface area contributed by atoms with Gasteiger partial charge in [-0.15, -0.1) is 0 Å². The van der Waals surface area contributed by atoms with E-state index in [1.54, 1.807) is 0 Å². The predicted octanol–water partition coefficient (Wildman–Crippen LogP) is 3.24. The van der Waals surface area contributed by atoms with Crippen molar-refractivity contribution in [2.75, 3.05) is 19.6 Å². The fourth-order valence-electron chi connectivity index (χ4n) is 2.25. The molecule has 0 aliphatic carbocycles. The van der Waals surface area contributed by atoms with Crippen molar-refractivity contribution < 1.29 is 4.79 Å². The van der Waals surface area contributed by atoms with E-state index in [0.29, 0.717) is 6.54 Å². The first kappa shape index (κ1) is 13.7. The molecule has 0 N–H and O–H groups in total. The van der Waals surface area contributed by atoms with Crippen molar-refractivity contribution in [3.63, 3.8) is 0 Å². The highest BCUT2D eigenvalue weighted by Crippen LogP contribution is 2.20. The zero-order valence-electron chi connectivity index (χ0n) is 12.0. The molecule has 3 heteroatoms. The molecule has 1 aromatic rings. The number of hydrogen-bond donors (Lipinski definition) is 0. The van der Waals surface area contributed by atoms with Gasteiger partial charge in [0.15, 0.2) is 0 Å². The number of urea groups is 1. The Kier molecular flexibility index (Phi) is 3.93. The molecule has 1 aliphatic rings. The Morgan fingerprint density at radius 3 is 2.42 bits per heavy atom. The number of carbonyl (C=O) groups is 1. The number of amides is 2. The van der Waals surface area contributed by atoms with E-state index in [1.807, 2.05) is 28.0 Å². The summed E-state index contributed by atoms with van der Waals surface area (Å²) in [4.78, 5) is 16.0. The van der Waals surface area contributed by atoms with Crippen LogP contribution in [-0.2, 0) is 0 Å². The van der Waals surface area contributed by atoms with E-state index in [0.717, 1.165) is 13.1 Å². The van der Waals surface area contributed by atoms with Gasteiger partial charge in [-0.25, -0.2) is 4.79 Å². The smallest absolute Gasteiger partial charge is 0.319 e. The lowest BCUT2D eigenvalue weighted by atomic mass is 10.1. The first-order valence-electron chi connectivity index (χ1n) is 6.76. The molecule has 0 aromatic heterocycles. The van der Waals surface area contributed by atoms with Crippen LogP contribution in [0, 0.1) is 0 Å². The predicted molar refractivity (Wildman–Crippen MR) is 78.9 cm³/mol. The molecule has 19 heavy (non-hydrogen) atoms. The van der Waals surface area contributed by atoms with E-state index < -0.39 is 0 Å². The maximum Gasteiger partial charge on any atom is 0.320 e. The molecule has 3 nitrogen and oxygen atoms in total. The molecule has 2 amide bonds. The standard InChI is InChI=1S/C16H22N2O/c1-16(2,3)18-13-12-17(15(18)19)11-7-10-14-8-5-4-6-9-14/h4-10H,11-13H2,1-3H3/b10-7+. The summed E-state index contributed by atoms with van der Waals surface area (Å²) in [6.07, 6.45) is 4.12. The number of carbonyl (C=O) groups excluding carboxylic acids is 1. The van der Waals surface area contributed by atoms with Crippen molar-refractivity contribution >= 4 is 12.1 Å². The van der Waals surface area contributed by atoms with Crippen molar-refractivity contribution in [3.8, 4) is 0 Å². The lowest BCUT2D eigenvalue weighted by Crippen LogP contribution is -2.44. The summed E-state index contributed by atoms with van der Waals surface area (Å²) in [7, 11) is 0. The minimum absolute atomic E-state index is 0.0883. The lowest BCUT2D eigenvalue weighted by molar-refractivity contribution is 0.157. The molecule has 1 aromatic carbocycles. The van der Waals surface area contributed by atoms with Gasteiger partial charge in [0, 0.05) is 25.2 Å². The van der Waals surface area contributed by atoms with Crippen LogP contribution in [0.15, 0.2) is 36.4 Å². The van der Waals surface area contributed by atoms with Crippen LogP contribution in [0.5, 0.6) is 0 Å². The molecule has 1 aliphatic heterocycles. The first-order valence-corrected chi connectivity index (χ1v) is 6.76. The lowest BCUT2D eigenvalue weighted by Gasteiger charge is -2.31. The zero-order valence-corrected chi connectivity index (χ0v) is 12.0. The Morgan fingerprint density at radius 1 is 1.16 bits per heavy atom. The van der Waals surface area contributed by atoms with Gasteiger partial charge in [-0.05, 0) is 26.3 Å². The highest BCUT2D eigenvalue weighted by Gasteiger charge is 2.34. The van der Waals surface area contributed by atoms with E-state index in [-0.39, 0.29) is 11.6 Å². The zero-order chi connectivity index (χ0) is 13.9. The van der Waals surface area contributed by atoms with Crippen molar-refractivity contribution in [2.45, 2.75) is 26.3 Å². The molecule has 0 saturated carbocycles. The van der Waals surface area contributed by atoms with Gasteiger partial charge in [0.1, 0.15) is 0 Å². The van der Waals surface area contributed by atoms with Crippen LogP contribution in [0.2, 0.25) is 0 Å². The first-order chi connectivity index (χ1) is 8.98. The quantitative estimate of drug-likeness (QED) is 0.816. The second-order valence-electron chi connectivity index (χ2n) is 5.86. The number of rotatable bonds is 3. The SMILES string of the molecule is CC(C)(C)N1CCN(C/C=C/c2ccccc2)C1=O. The largest absolute Gasteiger partial charge is 0.320 e. The summed E-state index contributed by atoms with van der Waals surface area (Å²) in [6.45, 7) is 8.55. The second kappa shape index (κ2) is 5.47. The third-order valence-corrected chi connectivity index (χ3v) is 3.34. The highest BCUT2D eigenvalue weighted by atomic mass is 16.2. The third-order valence-electron chi connectivity index (χ3n) is 3.34. The van der Waals surface area contributed by atoms with Crippen molar-refractivity contribution in [1.29, 1.82) is 0 Å². The Balaban J connectivity index is 1.92. The second-order valence-corrected chi connectivity index (χ2v) is 5.86. The number of nitrogens with zero attached hydrogens (tertiary/aromatic N) is 2. The van der Waals surface area contributed by atoms with Gasteiger partial charge < -0.3 is 9.80 Å². The van der Waals surface area contributed by atoms with Crippen LogP contribution >= 0.6 is 0 Å². The molecular formula is C16H22N2O. The molecular weight excluding hydrogens is 236 g/mol. The summed E-state index contributed by atoms with van der Waals surface area (Å²) >= 11 is 0. The molecule has 0 atom stereocenters. The minimum atomic E-state index is -0.0883. The average Bonchev–Trinajstić information content (AvgIpc) is 2.72. The van der Waals surface area contributed by atoms with Crippen molar-refractivity contribution in [2.24, 2.45) is 0 Å². The Bertz CT molecular complexity index is 459. The summed E-state index contributed by atoms with van der Waals surface area (Å²) in [5.74, 6) is 0. The topological polar surface area (TPSA) is 23.6 Å². The van der Waals surface area contributed by atoms with Crippen LogP contribution < -0.4 is 0 Å². The van der Waals surface area contributed by atoms with Crippen LogP contribution in [0.25, 0.3) is 6.08 Å². The Labute approximate surface area is 115 Å². The summed E-state index contributed by atoms with van der Waals surface area (Å²) in [6, 6.07) is 10.3. The Hall–Kier alpha value is -1.77. The van der Waals surface area contributed by atoms with Gasteiger partial charge >= 0.3 is 6.03 Å². The molecule has 0 spiro atoms. The van der Waals surface area contributed by atoms with E-state index in [2.05, 4.69) is 45.1 Å². The van der Waals surface area contributed by atoms with Crippen LogP contribution in [0.4, 0.5) is 4.79 Å². The van der Waals surface area contributed by atoms with E-state index in [9.17, 15) is 4.79 Å². The summed E-state index contributed by atoms with van der Waals surface area (Å²) < 4.78 is 0. The van der Waals surface area contributed by atoms with Gasteiger partial charge in [-0.1, -0.05) is 42.5 Å². The maximum absolute atomic E-state index is 12.2. The van der Waals surface area contributed by atoms with Gasteiger partial charge in [0.2, 0.25) is 0 Å². The van der Waals surface area contributed by atoms with Crippen molar-refractivity contribution in [3.05, 3.63) is 42.0 Å². The molecule has 1 fully saturated rings. The monoisotopic (exact) mass is 258 g/mol. The van der Waals surface area contributed by atoms with Gasteiger partial charge in [0.05, 0.1) is 0 Å². The molecule has 1 saturated heterocycles. The van der Waals surface area contributed by atoms with Gasteiger partial charge in [0.25, 0.3) is 0 Å². The highest BCUT2D eigenvalue weighted by molar-refractivity contribution is 5.77. The summed E-state index contributed by atoms with van der Waals surface area (Å²) in [5, 5.41) is 0. The van der Waals surface area contributed by atoms with Crippen LogP contribution in [-0.4, -0.2) is 41.0 Å². The molecule has 0 radical (unpaired) electrons.